The second-order valence-electron chi connectivity index (χ2n) is 4.53. The number of carboxylic acids is 1. The molecular formula is C11H18N2O3. The summed E-state index contributed by atoms with van der Waals surface area (Å²) >= 11 is 0. The summed E-state index contributed by atoms with van der Waals surface area (Å²) in [6.07, 6.45) is 4.38. The van der Waals surface area contributed by atoms with Crippen molar-refractivity contribution >= 4 is 11.9 Å². The molecule has 5 heteroatoms. The highest BCUT2D eigenvalue weighted by Gasteiger charge is 2.37. The van der Waals surface area contributed by atoms with Crippen molar-refractivity contribution in [3.05, 3.63) is 0 Å². The van der Waals surface area contributed by atoms with Gasteiger partial charge in [-0.1, -0.05) is 6.42 Å². The average molecular weight is 226 g/mol. The van der Waals surface area contributed by atoms with Gasteiger partial charge in [-0.3, -0.25) is 4.79 Å². The number of amides is 1. The van der Waals surface area contributed by atoms with Crippen LogP contribution in [0.25, 0.3) is 0 Å². The van der Waals surface area contributed by atoms with Crippen LogP contribution in [0.3, 0.4) is 0 Å². The molecule has 0 bridgehead atoms. The smallest absolute Gasteiger partial charge is 0.326 e. The van der Waals surface area contributed by atoms with Gasteiger partial charge in [-0.05, 0) is 32.2 Å². The summed E-state index contributed by atoms with van der Waals surface area (Å²) in [5, 5.41) is 12.2. The third kappa shape index (κ3) is 2.19. The normalized spacial score (nSPS) is 30.4. The first-order valence-corrected chi connectivity index (χ1v) is 5.97. The third-order valence-corrected chi connectivity index (χ3v) is 3.43. The van der Waals surface area contributed by atoms with E-state index in [4.69, 9.17) is 5.11 Å². The number of aliphatic carboxylic acids is 1. The fourth-order valence-corrected chi connectivity index (χ4v) is 2.55. The third-order valence-electron chi connectivity index (χ3n) is 3.43. The van der Waals surface area contributed by atoms with Crippen molar-refractivity contribution in [1.29, 1.82) is 0 Å². The summed E-state index contributed by atoms with van der Waals surface area (Å²) in [5.74, 6) is -0.897. The van der Waals surface area contributed by atoms with Crippen LogP contribution in [0.1, 0.15) is 32.1 Å². The molecule has 0 aromatic rings. The van der Waals surface area contributed by atoms with Crippen LogP contribution in [-0.2, 0) is 9.59 Å². The van der Waals surface area contributed by atoms with E-state index in [2.05, 4.69) is 5.32 Å². The van der Waals surface area contributed by atoms with E-state index >= 15 is 0 Å². The van der Waals surface area contributed by atoms with E-state index in [-0.39, 0.29) is 11.9 Å². The predicted octanol–water partition coefficient (Wildman–Crippen LogP) is 0.204. The fraction of sp³-hybridized carbons (Fsp3) is 0.818. The highest BCUT2D eigenvalue weighted by molar-refractivity contribution is 5.87. The van der Waals surface area contributed by atoms with Crippen LogP contribution < -0.4 is 5.32 Å². The maximum Gasteiger partial charge on any atom is 0.326 e. The van der Waals surface area contributed by atoms with Gasteiger partial charge < -0.3 is 15.3 Å². The zero-order valence-electron chi connectivity index (χ0n) is 9.32. The summed E-state index contributed by atoms with van der Waals surface area (Å²) < 4.78 is 0. The quantitative estimate of drug-likeness (QED) is 0.706. The molecule has 2 fully saturated rings. The van der Waals surface area contributed by atoms with Gasteiger partial charge in [-0.15, -0.1) is 0 Å². The molecule has 2 heterocycles. The Kier molecular flexibility index (Phi) is 3.43. The van der Waals surface area contributed by atoms with E-state index in [0.29, 0.717) is 13.0 Å². The molecule has 2 N–H and O–H groups in total. The van der Waals surface area contributed by atoms with E-state index in [1.54, 1.807) is 0 Å². The van der Waals surface area contributed by atoms with Crippen LogP contribution in [0.4, 0.5) is 0 Å². The van der Waals surface area contributed by atoms with Crippen molar-refractivity contribution in [1.82, 2.24) is 10.2 Å². The zero-order chi connectivity index (χ0) is 11.5. The average Bonchev–Trinajstić information content (AvgIpc) is 2.78. The first kappa shape index (κ1) is 11.4. The molecule has 0 aromatic carbocycles. The van der Waals surface area contributed by atoms with Crippen molar-refractivity contribution in [3.8, 4) is 0 Å². The lowest BCUT2D eigenvalue weighted by molar-refractivity contribution is -0.149. The first-order valence-electron chi connectivity index (χ1n) is 5.97. The molecule has 0 saturated carbocycles. The van der Waals surface area contributed by atoms with Crippen molar-refractivity contribution in [3.63, 3.8) is 0 Å². The molecule has 0 aliphatic carbocycles. The van der Waals surface area contributed by atoms with Gasteiger partial charge in [0.15, 0.2) is 0 Å². The van der Waals surface area contributed by atoms with Gasteiger partial charge in [-0.25, -0.2) is 4.79 Å². The second-order valence-corrected chi connectivity index (χ2v) is 4.53. The number of nitrogens with zero attached hydrogens (tertiary/aromatic N) is 1. The summed E-state index contributed by atoms with van der Waals surface area (Å²) in [6, 6.07) is -0.759. The Morgan fingerprint density at radius 1 is 1.19 bits per heavy atom. The highest BCUT2D eigenvalue weighted by atomic mass is 16.4. The molecule has 0 aromatic heterocycles. The maximum atomic E-state index is 12.1. The highest BCUT2D eigenvalue weighted by Crippen LogP contribution is 2.20. The summed E-state index contributed by atoms with van der Waals surface area (Å²) in [4.78, 5) is 24.6. The number of carbonyl (C=O) groups excluding carboxylic acids is 1. The fourth-order valence-electron chi connectivity index (χ4n) is 2.55. The molecule has 2 aliphatic heterocycles. The largest absolute Gasteiger partial charge is 0.480 e. The van der Waals surface area contributed by atoms with Gasteiger partial charge in [0, 0.05) is 6.54 Å². The number of carbonyl (C=O) groups is 2. The van der Waals surface area contributed by atoms with Crippen LogP contribution >= 0.6 is 0 Å². The number of hydrogen-bond acceptors (Lipinski definition) is 3. The molecule has 1 amide bonds. The van der Waals surface area contributed by atoms with Gasteiger partial charge >= 0.3 is 5.97 Å². The lowest BCUT2D eigenvalue weighted by Gasteiger charge is -2.29. The lowest BCUT2D eigenvalue weighted by atomic mass is 10.0. The number of piperidine rings is 1. The van der Waals surface area contributed by atoms with E-state index in [9.17, 15) is 9.59 Å². The van der Waals surface area contributed by atoms with Crippen molar-refractivity contribution in [2.75, 3.05) is 13.1 Å². The summed E-state index contributed by atoms with van der Waals surface area (Å²) in [5.41, 5.74) is 0. The Bertz CT molecular complexity index is 287. The molecular weight excluding hydrogens is 208 g/mol. The Hall–Kier alpha value is -1.10. The minimum absolute atomic E-state index is 0.0235. The number of likely N-dealkylation sites (tertiary alicyclic amines) is 1. The molecule has 2 aliphatic rings. The first-order chi connectivity index (χ1) is 7.70. The molecule has 0 spiro atoms. The topological polar surface area (TPSA) is 69.6 Å². The monoisotopic (exact) mass is 226 g/mol. The molecule has 1 unspecified atom stereocenters. The van der Waals surface area contributed by atoms with E-state index in [0.717, 1.165) is 32.2 Å². The van der Waals surface area contributed by atoms with Crippen LogP contribution in [0.5, 0.6) is 0 Å². The number of carboxylic acid groups (broad SMARTS) is 1. The molecule has 5 nitrogen and oxygen atoms in total. The molecule has 0 radical (unpaired) electrons. The molecule has 90 valence electrons. The van der Waals surface area contributed by atoms with Crippen LogP contribution in [-0.4, -0.2) is 47.1 Å². The van der Waals surface area contributed by atoms with Crippen LogP contribution in [0.2, 0.25) is 0 Å². The van der Waals surface area contributed by atoms with Crippen molar-refractivity contribution < 1.29 is 14.7 Å². The Labute approximate surface area is 94.8 Å². The Morgan fingerprint density at radius 3 is 2.62 bits per heavy atom. The van der Waals surface area contributed by atoms with E-state index in [1.165, 1.54) is 4.90 Å². The summed E-state index contributed by atoms with van der Waals surface area (Å²) in [7, 11) is 0. The SMILES string of the molecule is O=C(O)[C@@H]1CCCN1C(=O)C1CCCCN1. The van der Waals surface area contributed by atoms with E-state index < -0.39 is 12.0 Å². The lowest BCUT2D eigenvalue weighted by Crippen LogP contribution is -2.51. The van der Waals surface area contributed by atoms with Gasteiger partial charge in [0.05, 0.1) is 6.04 Å². The zero-order valence-corrected chi connectivity index (χ0v) is 9.32. The Morgan fingerprint density at radius 2 is 2.00 bits per heavy atom. The maximum absolute atomic E-state index is 12.1. The number of rotatable bonds is 2. The molecule has 2 saturated heterocycles. The Balaban J connectivity index is 1.99. The molecule has 2 atom stereocenters. The number of nitrogens with one attached hydrogen (secondary N) is 1. The van der Waals surface area contributed by atoms with Crippen LogP contribution in [0.15, 0.2) is 0 Å². The molecule has 16 heavy (non-hydrogen) atoms. The second kappa shape index (κ2) is 4.82. The van der Waals surface area contributed by atoms with Gasteiger partial charge in [0.25, 0.3) is 0 Å². The number of hydrogen-bond donors (Lipinski definition) is 2. The minimum Gasteiger partial charge on any atom is -0.480 e. The minimum atomic E-state index is -0.873. The van der Waals surface area contributed by atoms with Crippen molar-refractivity contribution in [2.45, 2.75) is 44.2 Å². The summed E-state index contributed by atoms with van der Waals surface area (Å²) in [6.45, 7) is 1.45. The van der Waals surface area contributed by atoms with Gasteiger partial charge in [-0.2, -0.15) is 0 Å². The van der Waals surface area contributed by atoms with E-state index in [1.807, 2.05) is 0 Å². The van der Waals surface area contributed by atoms with Gasteiger partial charge in [0.2, 0.25) is 5.91 Å². The van der Waals surface area contributed by atoms with Gasteiger partial charge in [0.1, 0.15) is 6.04 Å². The molecule has 2 rings (SSSR count). The van der Waals surface area contributed by atoms with Crippen molar-refractivity contribution in [2.24, 2.45) is 0 Å². The standard InChI is InChI=1S/C11H18N2O3/c14-10(8-4-1-2-6-12-8)13-7-3-5-9(13)11(15)16/h8-9,12H,1-7H2,(H,15,16)/t8?,9-/m0/s1. The predicted molar refractivity (Wildman–Crippen MR) is 58.0 cm³/mol. The van der Waals surface area contributed by atoms with Crippen LogP contribution in [0, 0.1) is 0 Å².